The van der Waals surface area contributed by atoms with Crippen molar-refractivity contribution in [2.45, 2.75) is 39.2 Å². The smallest absolute Gasteiger partial charge is 0.220 e. The fourth-order valence-corrected chi connectivity index (χ4v) is 2.40. The lowest BCUT2D eigenvalue weighted by Crippen LogP contribution is -2.55. The van der Waals surface area contributed by atoms with Gasteiger partial charge in [0.15, 0.2) is 0 Å². The molecule has 4 heteroatoms. The fourth-order valence-electron chi connectivity index (χ4n) is 2.40. The summed E-state index contributed by atoms with van der Waals surface area (Å²) in [4.78, 5) is 15.4. The molecule has 1 aromatic carbocycles. The molecule has 0 saturated carbocycles. The van der Waals surface area contributed by atoms with Crippen molar-refractivity contribution in [2.24, 2.45) is 11.7 Å². The molecule has 0 radical (unpaired) electrons. The molecule has 1 unspecified atom stereocenters. The Balaban J connectivity index is 1.98. The van der Waals surface area contributed by atoms with Crippen LogP contribution < -0.4 is 11.1 Å². The third kappa shape index (κ3) is 3.45. The molecule has 0 aliphatic rings. The number of aryl methyl sites for hydroxylation is 1. The van der Waals surface area contributed by atoms with E-state index in [2.05, 4.69) is 30.2 Å². The average Bonchev–Trinajstić information content (AvgIpc) is 2.88. The molecule has 0 saturated heterocycles. The number of aromatic nitrogens is 1. The van der Waals surface area contributed by atoms with Gasteiger partial charge in [0.1, 0.15) is 0 Å². The molecule has 0 aliphatic heterocycles. The summed E-state index contributed by atoms with van der Waals surface area (Å²) in [6.07, 6.45) is 3.20. The first-order valence-corrected chi connectivity index (χ1v) is 7.52. The van der Waals surface area contributed by atoms with Crippen LogP contribution in [0.4, 0.5) is 0 Å². The molecule has 4 nitrogen and oxygen atoms in total. The number of para-hydroxylation sites is 1. The van der Waals surface area contributed by atoms with Gasteiger partial charge in [0.2, 0.25) is 5.91 Å². The van der Waals surface area contributed by atoms with Crippen LogP contribution in [-0.4, -0.2) is 23.0 Å². The van der Waals surface area contributed by atoms with Crippen molar-refractivity contribution >= 4 is 16.8 Å². The van der Waals surface area contributed by atoms with Crippen molar-refractivity contribution < 1.29 is 4.79 Å². The number of fused-ring (bicyclic) bond motifs is 1. The van der Waals surface area contributed by atoms with E-state index in [1.54, 1.807) is 0 Å². The number of hydrogen-bond acceptors (Lipinski definition) is 2. The summed E-state index contributed by atoms with van der Waals surface area (Å²) < 4.78 is 0. The lowest BCUT2D eigenvalue weighted by atomic mass is 9.88. The summed E-state index contributed by atoms with van der Waals surface area (Å²) in [5.41, 5.74) is 7.76. The molecule has 0 aliphatic carbocycles. The molecule has 2 aromatic rings. The number of hydrogen-bond donors (Lipinski definition) is 3. The molecule has 4 N–H and O–H groups in total. The predicted molar refractivity (Wildman–Crippen MR) is 87.1 cm³/mol. The fraction of sp³-hybridized carbons (Fsp3) is 0.471. The number of carbonyl (C=O) groups excluding carboxylic acids is 1. The summed E-state index contributed by atoms with van der Waals surface area (Å²) in [7, 11) is 0. The zero-order valence-corrected chi connectivity index (χ0v) is 13.1. The maximum absolute atomic E-state index is 12.2. The molecule has 2 rings (SSSR count). The highest BCUT2D eigenvalue weighted by molar-refractivity contribution is 5.84. The standard InChI is InChI=1S/C17H25N3O/c1-12(2)17(3,11-18)20-16(21)9-8-13-10-19-15-7-5-4-6-14(13)15/h4-7,10,12,19H,8-9,11,18H2,1-3H3,(H,20,21). The summed E-state index contributed by atoms with van der Waals surface area (Å²) in [6, 6.07) is 8.15. The van der Waals surface area contributed by atoms with Gasteiger partial charge in [-0.05, 0) is 30.9 Å². The maximum Gasteiger partial charge on any atom is 0.220 e. The molecule has 1 aromatic heterocycles. The monoisotopic (exact) mass is 287 g/mol. The van der Waals surface area contributed by atoms with Crippen molar-refractivity contribution in [2.75, 3.05) is 6.54 Å². The van der Waals surface area contributed by atoms with E-state index in [4.69, 9.17) is 5.73 Å². The molecular formula is C17H25N3O. The third-order valence-corrected chi connectivity index (χ3v) is 4.42. The van der Waals surface area contributed by atoms with Crippen LogP contribution in [0.1, 0.15) is 32.8 Å². The van der Waals surface area contributed by atoms with Crippen molar-refractivity contribution in [3.8, 4) is 0 Å². The van der Waals surface area contributed by atoms with Gasteiger partial charge in [0, 0.05) is 30.1 Å². The summed E-state index contributed by atoms with van der Waals surface area (Å²) in [5, 5.41) is 4.27. The number of H-pyrrole nitrogens is 1. The largest absolute Gasteiger partial charge is 0.361 e. The first-order chi connectivity index (χ1) is 9.96. The zero-order valence-electron chi connectivity index (χ0n) is 13.1. The van der Waals surface area contributed by atoms with Crippen LogP contribution >= 0.6 is 0 Å². The summed E-state index contributed by atoms with van der Waals surface area (Å²) in [6.45, 7) is 6.60. The maximum atomic E-state index is 12.2. The Morgan fingerprint density at radius 1 is 1.38 bits per heavy atom. The Labute approximate surface area is 126 Å². The predicted octanol–water partition coefficient (Wildman–Crippen LogP) is 2.59. The van der Waals surface area contributed by atoms with E-state index >= 15 is 0 Å². The van der Waals surface area contributed by atoms with Gasteiger partial charge in [-0.2, -0.15) is 0 Å². The van der Waals surface area contributed by atoms with E-state index in [9.17, 15) is 4.79 Å². The van der Waals surface area contributed by atoms with Gasteiger partial charge in [-0.15, -0.1) is 0 Å². The van der Waals surface area contributed by atoms with Gasteiger partial charge < -0.3 is 16.0 Å². The van der Waals surface area contributed by atoms with E-state index in [0.29, 0.717) is 18.9 Å². The number of benzene rings is 1. The summed E-state index contributed by atoms with van der Waals surface area (Å²) >= 11 is 0. The number of aromatic amines is 1. The van der Waals surface area contributed by atoms with Gasteiger partial charge in [-0.1, -0.05) is 32.0 Å². The van der Waals surface area contributed by atoms with Gasteiger partial charge >= 0.3 is 0 Å². The first kappa shape index (κ1) is 15.6. The van der Waals surface area contributed by atoms with Crippen LogP contribution in [0, 0.1) is 5.92 Å². The SMILES string of the molecule is CC(C)C(C)(CN)NC(=O)CCc1c[nH]c2ccccc12. The first-order valence-electron chi connectivity index (χ1n) is 7.52. The highest BCUT2D eigenvalue weighted by Crippen LogP contribution is 2.19. The Bertz CT molecular complexity index is 617. The normalized spacial score (nSPS) is 14.3. The number of nitrogens with two attached hydrogens (primary N) is 1. The summed E-state index contributed by atoms with van der Waals surface area (Å²) in [5.74, 6) is 0.362. The zero-order chi connectivity index (χ0) is 15.5. The van der Waals surface area contributed by atoms with Crippen molar-refractivity contribution in [3.63, 3.8) is 0 Å². The Morgan fingerprint density at radius 2 is 2.10 bits per heavy atom. The van der Waals surface area contributed by atoms with Crippen LogP contribution in [0.15, 0.2) is 30.5 Å². The van der Waals surface area contributed by atoms with Gasteiger partial charge in [0.25, 0.3) is 0 Å². The van der Waals surface area contributed by atoms with Crippen LogP contribution in [0.2, 0.25) is 0 Å². The molecule has 0 bridgehead atoms. The van der Waals surface area contributed by atoms with Crippen LogP contribution in [0.25, 0.3) is 10.9 Å². The second-order valence-corrected chi connectivity index (χ2v) is 6.18. The van der Waals surface area contributed by atoms with E-state index in [1.165, 1.54) is 10.9 Å². The number of amides is 1. The molecule has 1 atom stereocenters. The molecule has 0 spiro atoms. The number of nitrogens with one attached hydrogen (secondary N) is 2. The molecule has 1 amide bonds. The van der Waals surface area contributed by atoms with Crippen LogP contribution in [-0.2, 0) is 11.2 Å². The van der Waals surface area contributed by atoms with Crippen LogP contribution in [0.5, 0.6) is 0 Å². The van der Waals surface area contributed by atoms with Gasteiger partial charge in [-0.3, -0.25) is 4.79 Å². The minimum absolute atomic E-state index is 0.0573. The van der Waals surface area contributed by atoms with Crippen molar-refractivity contribution in [3.05, 3.63) is 36.0 Å². The lowest BCUT2D eigenvalue weighted by Gasteiger charge is -2.33. The molecule has 0 fully saturated rings. The quantitative estimate of drug-likeness (QED) is 0.764. The lowest BCUT2D eigenvalue weighted by molar-refractivity contribution is -0.123. The Hall–Kier alpha value is -1.81. The second-order valence-electron chi connectivity index (χ2n) is 6.18. The minimum atomic E-state index is -0.336. The van der Waals surface area contributed by atoms with E-state index in [0.717, 1.165) is 11.9 Å². The van der Waals surface area contributed by atoms with Crippen molar-refractivity contribution in [1.82, 2.24) is 10.3 Å². The topological polar surface area (TPSA) is 70.9 Å². The highest BCUT2D eigenvalue weighted by atomic mass is 16.1. The molecule has 1 heterocycles. The van der Waals surface area contributed by atoms with E-state index in [1.807, 2.05) is 31.3 Å². The van der Waals surface area contributed by atoms with Crippen molar-refractivity contribution in [1.29, 1.82) is 0 Å². The van der Waals surface area contributed by atoms with Gasteiger partial charge in [-0.25, -0.2) is 0 Å². The molecular weight excluding hydrogens is 262 g/mol. The Kier molecular flexibility index (Phi) is 4.68. The Morgan fingerprint density at radius 3 is 2.76 bits per heavy atom. The average molecular weight is 287 g/mol. The van der Waals surface area contributed by atoms with E-state index < -0.39 is 0 Å². The highest BCUT2D eigenvalue weighted by Gasteiger charge is 2.28. The van der Waals surface area contributed by atoms with Gasteiger partial charge in [0.05, 0.1) is 5.54 Å². The molecule has 21 heavy (non-hydrogen) atoms. The number of rotatable bonds is 6. The third-order valence-electron chi connectivity index (χ3n) is 4.42. The van der Waals surface area contributed by atoms with E-state index in [-0.39, 0.29) is 11.4 Å². The second kappa shape index (κ2) is 6.31. The number of carbonyl (C=O) groups is 1. The van der Waals surface area contributed by atoms with Crippen LogP contribution in [0.3, 0.4) is 0 Å². The minimum Gasteiger partial charge on any atom is -0.361 e. The molecule has 114 valence electrons.